The first-order chi connectivity index (χ1) is 11.1. The molecule has 0 saturated carbocycles. The number of amides is 1. The Hall–Kier alpha value is -1.07. The molecule has 0 aliphatic rings. The molecule has 0 aliphatic carbocycles. The molecule has 0 saturated heterocycles. The first-order valence-electron chi connectivity index (χ1n) is 8.30. The Labute approximate surface area is 148 Å². The molecule has 1 aromatic carbocycles. The molecule has 4 nitrogen and oxygen atoms in total. The van der Waals surface area contributed by atoms with Gasteiger partial charge in [0.1, 0.15) is 11.4 Å². The SMILES string of the molecule is CCCCC[C@](C)(OCC)C(=O)Nc1ccc(OCCBr)cc1. The number of rotatable bonds is 11. The lowest BCUT2D eigenvalue weighted by molar-refractivity contribution is -0.139. The van der Waals surface area contributed by atoms with Gasteiger partial charge in [-0.15, -0.1) is 0 Å². The normalized spacial score (nSPS) is 13.4. The van der Waals surface area contributed by atoms with Gasteiger partial charge in [-0.3, -0.25) is 4.79 Å². The molecule has 130 valence electrons. The van der Waals surface area contributed by atoms with Crippen LogP contribution in [0.25, 0.3) is 0 Å². The van der Waals surface area contributed by atoms with Crippen LogP contribution in [0, 0.1) is 0 Å². The van der Waals surface area contributed by atoms with Gasteiger partial charge in [0.05, 0.1) is 6.61 Å². The minimum absolute atomic E-state index is 0.0930. The minimum Gasteiger partial charge on any atom is -0.493 e. The molecule has 1 amide bonds. The van der Waals surface area contributed by atoms with E-state index in [-0.39, 0.29) is 5.91 Å². The molecule has 1 atom stereocenters. The monoisotopic (exact) mass is 385 g/mol. The summed E-state index contributed by atoms with van der Waals surface area (Å²) in [4.78, 5) is 12.6. The average molecular weight is 386 g/mol. The molecule has 1 rings (SSSR count). The van der Waals surface area contributed by atoms with E-state index in [1.165, 1.54) is 0 Å². The Balaban J connectivity index is 2.66. The van der Waals surface area contributed by atoms with Crippen molar-refractivity contribution in [2.24, 2.45) is 0 Å². The summed E-state index contributed by atoms with van der Waals surface area (Å²) >= 11 is 3.32. The molecule has 23 heavy (non-hydrogen) atoms. The van der Waals surface area contributed by atoms with Gasteiger partial charge < -0.3 is 14.8 Å². The van der Waals surface area contributed by atoms with Crippen molar-refractivity contribution >= 4 is 27.5 Å². The van der Waals surface area contributed by atoms with E-state index < -0.39 is 5.60 Å². The standard InChI is InChI=1S/C18H28BrNO3/c1-4-6-7-12-18(3,23-5-2)17(21)20-15-8-10-16(11-9-15)22-14-13-19/h8-11H,4-7,12-14H2,1-3H3,(H,20,21)/t18-/m0/s1. The molecule has 1 aromatic rings. The Kier molecular flexibility index (Phi) is 9.26. The van der Waals surface area contributed by atoms with Gasteiger partial charge in [-0.2, -0.15) is 0 Å². The average Bonchev–Trinajstić information content (AvgIpc) is 2.54. The van der Waals surface area contributed by atoms with Gasteiger partial charge in [0.2, 0.25) is 0 Å². The van der Waals surface area contributed by atoms with E-state index in [4.69, 9.17) is 9.47 Å². The second-order valence-electron chi connectivity index (χ2n) is 5.64. The summed E-state index contributed by atoms with van der Waals surface area (Å²) in [5.41, 5.74) is -0.0303. The fourth-order valence-corrected chi connectivity index (χ4v) is 2.50. The van der Waals surface area contributed by atoms with Crippen molar-refractivity contribution in [3.8, 4) is 5.75 Å². The van der Waals surface area contributed by atoms with Crippen LogP contribution in [0.3, 0.4) is 0 Å². The van der Waals surface area contributed by atoms with Crippen LogP contribution in [0.4, 0.5) is 5.69 Å². The number of anilines is 1. The van der Waals surface area contributed by atoms with Gasteiger partial charge >= 0.3 is 0 Å². The van der Waals surface area contributed by atoms with Crippen LogP contribution in [-0.4, -0.2) is 30.1 Å². The van der Waals surface area contributed by atoms with Crippen molar-refractivity contribution in [1.29, 1.82) is 0 Å². The van der Waals surface area contributed by atoms with Gasteiger partial charge in [0.15, 0.2) is 0 Å². The number of alkyl halides is 1. The van der Waals surface area contributed by atoms with E-state index in [9.17, 15) is 4.79 Å². The van der Waals surface area contributed by atoms with Gasteiger partial charge in [0, 0.05) is 17.6 Å². The van der Waals surface area contributed by atoms with Crippen LogP contribution in [0.2, 0.25) is 0 Å². The molecular weight excluding hydrogens is 358 g/mol. The Bertz CT molecular complexity index is 464. The third-order valence-corrected chi connectivity index (χ3v) is 3.98. The highest BCUT2D eigenvalue weighted by atomic mass is 79.9. The molecule has 0 radical (unpaired) electrons. The predicted octanol–water partition coefficient (Wildman–Crippen LogP) is 4.77. The van der Waals surface area contributed by atoms with Crippen molar-refractivity contribution < 1.29 is 14.3 Å². The molecular formula is C18H28BrNO3. The maximum absolute atomic E-state index is 12.6. The number of hydrogen-bond acceptors (Lipinski definition) is 3. The lowest BCUT2D eigenvalue weighted by Crippen LogP contribution is -2.42. The zero-order valence-corrected chi connectivity index (χ0v) is 15.9. The highest BCUT2D eigenvalue weighted by Crippen LogP contribution is 2.23. The fourth-order valence-electron chi connectivity index (χ4n) is 2.34. The highest BCUT2D eigenvalue weighted by molar-refractivity contribution is 9.09. The second kappa shape index (κ2) is 10.7. The topological polar surface area (TPSA) is 47.6 Å². The van der Waals surface area contributed by atoms with Crippen molar-refractivity contribution in [1.82, 2.24) is 0 Å². The molecule has 0 spiro atoms. The minimum atomic E-state index is -0.783. The Morgan fingerprint density at radius 2 is 1.91 bits per heavy atom. The summed E-state index contributed by atoms with van der Waals surface area (Å²) in [6, 6.07) is 7.40. The van der Waals surface area contributed by atoms with Crippen LogP contribution >= 0.6 is 15.9 Å². The Morgan fingerprint density at radius 1 is 1.22 bits per heavy atom. The lowest BCUT2D eigenvalue weighted by Gasteiger charge is -2.28. The highest BCUT2D eigenvalue weighted by Gasteiger charge is 2.33. The Morgan fingerprint density at radius 3 is 2.48 bits per heavy atom. The van der Waals surface area contributed by atoms with E-state index in [1.807, 2.05) is 38.1 Å². The molecule has 1 N–H and O–H groups in total. The molecule has 0 aliphatic heterocycles. The second-order valence-corrected chi connectivity index (χ2v) is 6.43. The number of hydrogen-bond donors (Lipinski definition) is 1. The van der Waals surface area contributed by atoms with Crippen molar-refractivity contribution in [3.05, 3.63) is 24.3 Å². The fraction of sp³-hybridized carbons (Fsp3) is 0.611. The smallest absolute Gasteiger partial charge is 0.256 e. The van der Waals surface area contributed by atoms with E-state index in [1.54, 1.807) is 0 Å². The van der Waals surface area contributed by atoms with Gasteiger partial charge in [-0.25, -0.2) is 0 Å². The summed E-state index contributed by atoms with van der Waals surface area (Å²) in [6.45, 7) is 7.08. The van der Waals surface area contributed by atoms with Gasteiger partial charge in [-0.1, -0.05) is 42.1 Å². The summed E-state index contributed by atoms with van der Waals surface area (Å²) in [7, 11) is 0. The van der Waals surface area contributed by atoms with E-state index in [0.717, 1.165) is 42.5 Å². The maximum Gasteiger partial charge on any atom is 0.256 e. The molecule has 0 aromatic heterocycles. The molecule has 0 fully saturated rings. The lowest BCUT2D eigenvalue weighted by atomic mass is 9.96. The van der Waals surface area contributed by atoms with Crippen LogP contribution in [-0.2, 0) is 9.53 Å². The first-order valence-corrected chi connectivity index (χ1v) is 9.42. The predicted molar refractivity (Wildman–Crippen MR) is 98.5 cm³/mol. The summed E-state index contributed by atoms with van der Waals surface area (Å²) in [5, 5.41) is 3.74. The van der Waals surface area contributed by atoms with Crippen LogP contribution in [0.15, 0.2) is 24.3 Å². The van der Waals surface area contributed by atoms with Gasteiger partial charge in [-0.05, 0) is 44.5 Å². The quantitative estimate of drug-likeness (QED) is 0.440. The number of halogens is 1. The van der Waals surface area contributed by atoms with Crippen LogP contribution in [0.1, 0.15) is 46.5 Å². The summed E-state index contributed by atoms with van der Waals surface area (Å²) in [6.07, 6.45) is 3.95. The summed E-state index contributed by atoms with van der Waals surface area (Å²) < 4.78 is 11.2. The van der Waals surface area contributed by atoms with Crippen LogP contribution in [0.5, 0.6) is 5.75 Å². The number of unbranched alkanes of at least 4 members (excludes halogenated alkanes) is 2. The third-order valence-electron chi connectivity index (χ3n) is 3.66. The zero-order valence-electron chi connectivity index (χ0n) is 14.4. The maximum atomic E-state index is 12.6. The van der Waals surface area contributed by atoms with E-state index in [0.29, 0.717) is 13.2 Å². The first kappa shape index (κ1) is 20.0. The number of benzene rings is 1. The third kappa shape index (κ3) is 6.92. The number of carbonyl (C=O) groups excluding carboxylic acids is 1. The van der Waals surface area contributed by atoms with Gasteiger partial charge in [0.25, 0.3) is 5.91 Å². The van der Waals surface area contributed by atoms with Crippen LogP contribution < -0.4 is 10.1 Å². The van der Waals surface area contributed by atoms with Crippen molar-refractivity contribution in [3.63, 3.8) is 0 Å². The summed E-state index contributed by atoms with van der Waals surface area (Å²) in [5.74, 6) is 0.697. The molecule has 0 unspecified atom stereocenters. The number of ether oxygens (including phenoxy) is 2. The molecule has 0 heterocycles. The van der Waals surface area contributed by atoms with E-state index >= 15 is 0 Å². The van der Waals surface area contributed by atoms with Crippen molar-refractivity contribution in [2.75, 3.05) is 23.9 Å². The zero-order chi connectivity index (χ0) is 17.1. The number of carbonyl (C=O) groups is 1. The van der Waals surface area contributed by atoms with Crippen molar-refractivity contribution in [2.45, 2.75) is 52.1 Å². The van der Waals surface area contributed by atoms with E-state index in [2.05, 4.69) is 28.2 Å². The molecule has 0 bridgehead atoms. The number of nitrogens with one attached hydrogen (secondary N) is 1. The largest absolute Gasteiger partial charge is 0.493 e. The molecule has 5 heteroatoms.